The maximum Gasteiger partial charge on any atom is 0.126 e. The first-order chi connectivity index (χ1) is 8.61. The average Bonchev–Trinajstić information content (AvgIpc) is 2.38. The van der Waals surface area contributed by atoms with Crippen molar-refractivity contribution in [2.45, 2.75) is 32.2 Å². The van der Waals surface area contributed by atoms with E-state index >= 15 is 0 Å². The third-order valence-corrected chi connectivity index (χ3v) is 3.09. The van der Waals surface area contributed by atoms with Crippen LogP contribution in [-0.4, -0.2) is 18.6 Å². The molecule has 0 aromatic heterocycles. The first-order valence-corrected chi connectivity index (χ1v) is 6.41. The van der Waals surface area contributed by atoms with Gasteiger partial charge in [-0.2, -0.15) is 0 Å². The number of rotatable bonds is 7. The molecule has 3 N–H and O–H groups in total. The lowest BCUT2D eigenvalue weighted by Crippen LogP contribution is -2.50. The van der Waals surface area contributed by atoms with Gasteiger partial charge in [0.2, 0.25) is 0 Å². The molecular weight excluding hydrogens is 227 g/mol. The van der Waals surface area contributed by atoms with Crippen LogP contribution in [0.3, 0.4) is 0 Å². The van der Waals surface area contributed by atoms with Gasteiger partial charge in [-0.25, -0.2) is 4.39 Å². The van der Waals surface area contributed by atoms with Crippen molar-refractivity contribution in [1.29, 1.82) is 0 Å². The van der Waals surface area contributed by atoms with Crippen molar-refractivity contribution in [1.82, 2.24) is 5.32 Å². The minimum absolute atomic E-state index is 0.160. The molecular formula is C15H23FN2. The highest BCUT2D eigenvalue weighted by atomic mass is 19.1. The summed E-state index contributed by atoms with van der Waals surface area (Å²) in [6, 6.07) is 6.87. The van der Waals surface area contributed by atoms with Gasteiger partial charge in [0.1, 0.15) is 5.82 Å². The highest BCUT2D eigenvalue weighted by Gasteiger charge is 2.23. The smallest absolute Gasteiger partial charge is 0.126 e. The highest BCUT2D eigenvalue weighted by Crippen LogP contribution is 2.15. The first-order valence-electron chi connectivity index (χ1n) is 6.41. The van der Waals surface area contributed by atoms with Crippen LogP contribution in [0.25, 0.3) is 0 Å². The van der Waals surface area contributed by atoms with Crippen molar-refractivity contribution in [3.63, 3.8) is 0 Å². The second-order valence-electron chi connectivity index (χ2n) is 4.82. The SMILES string of the molecule is C/C=C/CCNC(C)(CN)Cc1ccccc1F. The van der Waals surface area contributed by atoms with E-state index in [1.54, 1.807) is 6.07 Å². The summed E-state index contributed by atoms with van der Waals surface area (Å²) in [5.41, 5.74) is 6.27. The maximum absolute atomic E-state index is 13.6. The van der Waals surface area contributed by atoms with E-state index in [1.165, 1.54) is 6.07 Å². The van der Waals surface area contributed by atoms with Crippen LogP contribution in [0.5, 0.6) is 0 Å². The van der Waals surface area contributed by atoms with Crippen LogP contribution in [0.15, 0.2) is 36.4 Å². The molecule has 0 saturated heterocycles. The summed E-state index contributed by atoms with van der Waals surface area (Å²) in [5.74, 6) is -0.160. The fourth-order valence-corrected chi connectivity index (χ4v) is 1.89. The number of allylic oxidation sites excluding steroid dienone is 1. The molecule has 0 heterocycles. The van der Waals surface area contributed by atoms with E-state index in [0.29, 0.717) is 18.5 Å². The van der Waals surface area contributed by atoms with Gasteiger partial charge in [0.05, 0.1) is 0 Å². The van der Waals surface area contributed by atoms with E-state index in [9.17, 15) is 4.39 Å². The van der Waals surface area contributed by atoms with E-state index in [4.69, 9.17) is 5.73 Å². The number of benzene rings is 1. The van der Waals surface area contributed by atoms with E-state index in [2.05, 4.69) is 11.4 Å². The normalized spacial score (nSPS) is 14.9. The van der Waals surface area contributed by atoms with Crippen LogP contribution in [0.2, 0.25) is 0 Å². The Morgan fingerprint density at radius 2 is 2.11 bits per heavy atom. The van der Waals surface area contributed by atoms with Gasteiger partial charge in [0.15, 0.2) is 0 Å². The highest BCUT2D eigenvalue weighted by molar-refractivity contribution is 5.20. The van der Waals surface area contributed by atoms with Crippen LogP contribution >= 0.6 is 0 Å². The van der Waals surface area contributed by atoms with Gasteiger partial charge in [-0.3, -0.25) is 0 Å². The Morgan fingerprint density at radius 1 is 1.39 bits per heavy atom. The Balaban J connectivity index is 2.62. The van der Waals surface area contributed by atoms with E-state index in [1.807, 2.05) is 32.1 Å². The largest absolute Gasteiger partial charge is 0.329 e. The van der Waals surface area contributed by atoms with Gasteiger partial charge < -0.3 is 11.1 Å². The Morgan fingerprint density at radius 3 is 2.72 bits per heavy atom. The second kappa shape index (κ2) is 7.29. The molecule has 0 radical (unpaired) electrons. The molecule has 0 amide bonds. The van der Waals surface area contributed by atoms with Crippen molar-refractivity contribution in [2.75, 3.05) is 13.1 Å². The zero-order chi connectivity index (χ0) is 13.4. The lowest BCUT2D eigenvalue weighted by molar-refractivity contribution is 0.360. The molecule has 0 fully saturated rings. The molecule has 1 unspecified atom stereocenters. The zero-order valence-electron chi connectivity index (χ0n) is 11.2. The molecule has 0 aliphatic rings. The van der Waals surface area contributed by atoms with E-state index in [-0.39, 0.29) is 11.4 Å². The van der Waals surface area contributed by atoms with Crippen LogP contribution in [-0.2, 0) is 6.42 Å². The van der Waals surface area contributed by atoms with Crippen LogP contribution in [0, 0.1) is 5.82 Å². The van der Waals surface area contributed by atoms with Gasteiger partial charge in [-0.05, 0) is 44.9 Å². The summed E-state index contributed by atoms with van der Waals surface area (Å²) in [4.78, 5) is 0. The van der Waals surface area contributed by atoms with Crippen LogP contribution in [0.1, 0.15) is 25.8 Å². The van der Waals surface area contributed by atoms with Crippen LogP contribution in [0.4, 0.5) is 4.39 Å². The quantitative estimate of drug-likeness (QED) is 0.577. The molecule has 1 atom stereocenters. The van der Waals surface area contributed by atoms with Gasteiger partial charge in [0.25, 0.3) is 0 Å². The Labute approximate surface area is 109 Å². The Kier molecular flexibility index (Phi) is 6.02. The molecule has 0 aliphatic heterocycles. The summed E-state index contributed by atoms with van der Waals surface area (Å²) in [6.07, 6.45) is 5.70. The topological polar surface area (TPSA) is 38.0 Å². The monoisotopic (exact) mass is 250 g/mol. The van der Waals surface area contributed by atoms with Crippen molar-refractivity contribution >= 4 is 0 Å². The first kappa shape index (κ1) is 14.9. The molecule has 1 rings (SSSR count). The lowest BCUT2D eigenvalue weighted by Gasteiger charge is -2.29. The van der Waals surface area contributed by atoms with Crippen molar-refractivity contribution in [3.05, 3.63) is 47.8 Å². The molecule has 0 saturated carbocycles. The van der Waals surface area contributed by atoms with Crippen molar-refractivity contribution in [3.8, 4) is 0 Å². The van der Waals surface area contributed by atoms with Gasteiger partial charge in [-0.15, -0.1) is 0 Å². The summed E-state index contributed by atoms with van der Waals surface area (Å²) in [7, 11) is 0. The molecule has 0 bridgehead atoms. The van der Waals surface area contributed by atoms with Gasteiger partial charge >= 0.3 is 0 Å². The maximum atomic E-state index is 13.6. The predicted octanol–water partition coefficient (Wildman–Crippen LogP) is 2.64. The van der Waals surface area contributed by atoms with E-state index < -0.39 is 0 Å². The molecule has 1 aromatic carbocycles. The number of halogens is 1. The van der Waals surface area contributed by atoms with Crippen LogP contribution < -0.4 is 11.1 Å². The zero-order valence-corrected chi connectivity index (χ0v) is 11.2. The molecule has 1 aromatic rings. The molecule has 2 nitrogen and oxygen atoms in total. The minimum Gasteiger partial charge on any atom is -0.329 e. The van der Waals surface area contributed by atoms with Gasteiger partial charge in [0, 0.05) is 12.1 Å². The summed E-state index contributed by atoms with van der Waals surface area (Å²) in [6.45, 7) is 5.38. The average molecular weight is 250 g/mol. The number of hydrogen-bond acceptors (Lipinski definition) is 2. The predicted molar refractivity (Wildman–Crippen MR) is 75.0 cm³/mol. The fraction of sp³-hybridized carbons (Fsp3) is 0.467. The second-order valence-corrected chi connectivity index (χ2v) is 4.82. The minimum atomic E-state index is -0.260. The summed E-state index contributed by atoms with van der Waals surface area (Å²) >= 11 is 0. The fourth-order valence-electron chi connectivity index (χ4n) is 1.89. The molecule has 18 heavy (non-hydrogen) atoms. The van der Waals surface area contributed by atoms with Crippen molar-refractivity contribution in [2.24, 2.45) is 5.73 Å². The third kappa shape index (κ3) is 4.59. The Bertz CT molecular complexity index is 390. The molecule has 0 aliphatic carbocycles. The summed E-state index contributed by atoms with van der Waals surface area (Å²) < 4.78 is 13.6. The number of nitrogens with one attached hydrogen (secondary N) is 1. The standard InChI is InChI=1S/C15H23FN2/c1-3-4-7-10-18-15(2,12-17)11-13-8-5-6-9-14(13)16/h3-6,8-9,18H,7,10-12,17H2,1-2H3/b4-3+. The van der Waals surface area contributed by atoms with Crippen molar-refractivity contribution < 1.29 is 4.39 Å². The molecule has 100 valence electrons. The molecule has 3 heteroatoms. The molecule has 0 spiro atoms. The lowest BCUT2D eigenvalue weighted by atomic mass is 9.92. The summed E-state index contributed by atoms with van der Waals surface area (Å²) in [5, 5.41) is 3.41. The Hall–Kier alpha value is -1.19. The number of hydrogen-bond donors (Lipinski definition) is 2. The van der Waals surface area contributed by atoms with E-state index in [0.717, 1.165) is 13.0 Å². The van der Waals surface area contributed by atoms with Gasteiger partial charge in [-0.1, -0.05) is 30.4 Å². The number of nitrogens with two attached hydrogens (primary N) is 1. The third-order valence-electron chi connectivity index (χ3n) is 3.09.